The molecule has 1 amide bonds. The normalized spacial score (nSPS) is 19.8. The Morgan fingerprint density at radius 2 is 2.00 bits per heavy atom. The molecule has 1 aromatic rings. The molecular weight excluding hydrogens is 315 g/mol. The standard InChI is InChI=1S/C11H9BrClF2NO/c12-6-3-8(14)10(9(15)4-6)11(17)16-2-1-7(13)5-16/h3-4,7H,1-2,5H2. The zero-order chi connectivity index (χ0) is 12.6. The maximum atomic E-state index is 13.6. The van der Waals surface area contributed by atoms with Crippen molar-refractivity contribution >= 4 is 33.4 Å². The molecule has 1 saturated heterocycles. The largest absolute Gasteiger partial charge is 0.337 e. The van der Waals surface area contributed by atoms with Gasteiger partial charge in [0.2, 0.25) is 0 Å². The summed E-state index contributed by atoms with van der Waals surface area (Å²) < 4.78 is 27.4. The fourth-order valence-corrected chi connectivity index (χ4v) is 2.47. The number of benzene rings is 1. The predicted molar refractivity (Wildman–Crippen MR) is 64.2 cm³/mol. The summed E-state index contributed by atoms with van der Waals surface area (Å²) in [6.45, 7) is 0.761. The lowest BCUT2D eigenvalue weighted by Crippen LogP contribution is -2.30. The minimum Gasteiger partial charge on any atom is -0.337 e. The third kappa shape index (κ3) is 2.60. The molecule has 1 fully saturated rings. The number of alkyl halides is 1. The van der Waals surface area contributed by atoms with Gasteiger partial charge in [-0.3, -0.25) is 4.79 Å². The SMILES string of the molecule is O=C(c1c(F)cc(Br)cc1F)N1CCC(Cl)C1. The fourth-order valence-electron chi connectivity index (χ4n) is 1.81. The number of nitrogens with zero attached hydrogens (tertiary/aromatic N) is 1. The summed E-state index contributed by atoms with van der Waals surface area (Å²) in [4.78, 5) is 13.3. The van der Waals surface area contributed by atoms with E-state index in [2.05, 4.69) is 15.9 Å². The predicted octanol–water partition coefficient (Wildman–Crippen LogP) is 3.18. The fraction of sp³-hybridized carbons (Fsp3) is 0.364. The number of carbonyl (C=O) groups excluding carboxylic acids is 1. The van der Waals surface area contributed by atoms with Gasteiger partial charge in [-0.2, -0.15) is 0 Å². The summed E-state index contributed by atoms with van der Waals surface area (Å²) in [6.07, 6.45) is 0.646. The van der Waals surface area contributed by atoms with E-state index in [1.807, 2.05) is 0 Å². The van der Waals surface area contributed by atoms with Gasteiger partial charge in [0.25, 0.3) is 5.91 Å². The topological polar surface area (TPSA) is 20.3 Å². The Morgan fingerprint density at radius 1 is 1.41 bits per heavy atom. The van der Waals surface area contributed by atoms with Crippen LogP contribution in [0.4, 0.5) is 8.78 Å². The van der Waals surface area contributed by atoms with Crippen LogP contribution in [-0.4, -0.2) is 29.3 Å². The van der Waals surface area contributed by atoms with Crippen LogP contribution in [0.1, 0.15) is 16.8 Å². The summed E-state index contributed by atoms with van der Waals surface area (Å²) in [5.41, 5.74) is -0.515. The van der Waals surface area contributed by atoms with Crippen LogP contribution in [0.15, 0.2) is 16.6 Å². The van der Waals surface area contributed by atoms with Crippen molar-refractivity contribution in [3.05, 3.63) is 33.8 Å². The number of amides is 1. The van der Waals surface area contributed by atoms with Gasteiger partial charge in [0.05, 0.1) is 5.38 Å². The Morgan fingerprint density at radius 3 is 2.47 bits per heavy atom. The monoisotopic (exact) mass is 323 g/mol. The number of carbonyl (C=O) groups is 1. The minimum atomic E-state index is -0.861. The van der Waals surface area contributed by atoms with Gasteiger partial charge in [-0.25, -0.2) is 8.78 Å². The van der Waals surface area contributed by atoms with E-state index in [-0.39, 0.29) is 9.85 Å². The molecule has 0 aromatic heterocycles. The first-order valence-corrected chi connectivity index (χ1v) is 6.30. The number of hydrogen-bond acceptors (Lipinski definition) is 1. The highest BCUT2D eigenvalue weighted by molar-refractivity contribution is 9.10. The molecule has 0 bridgehead atoms. The molecule has 0 saturated carbocycles. The summed E-state index contributed by atoms with van der Waals surface area (Å²) in [7, 11) is 0. The second-order valence-electron chi connectivity index (χ2n) is 3.88. The molecule has 1 atom stereocenters. The van der Waals surface area contributed by atoms with Crippen molar-refractivity contribution in [3.63, 3.8) is 0 Å². The minimum absolute atomic E-state index is 0.138. The first kappa shape index (κ1) is 12.8. The molecule has 2 nitrogen and oxygen atoms in total. The molecule has 1 heterocycles. The average Bonchev–Trinajstić information content (AvgIpc) is 2.63. The van der Waals surface area contributed by atoms with E-state index >= 15 is 0 Å². The third-order valence-corrected chi connectivity index (χ3v) is 3.45. The number of likely N-dealkylation sites (tertiary alicyclic amines) is 1. The molecule has 6 heteroatoms. The van der Waals surface area contributed by atoms with E-state index in [4.69, 9.17) is 11.6 Å². The Balaban J connectivity index is 2.31. The molecule has 0 aliphatic carbocycles. The smallest absolute Gasteiger partial charge is 0.259 e. The molecule has 0 N–H and O–H groups in total. The van der Waals surface area contributed by atoms with Crippen molar-refractivity contribution in [1.82, 2.24) is 4.90 Å². The van der Waals surface area contributed by atoms with Gasteiger partial charge >= 0.3 is 0 Å². The van der Waals surface area contributed by atoms with Crippen LogP contribution in [0.5, 0.6) is 0 Å². The van der Waals surface area contributed by atoms with Gasteiger partial charge in [-0.15, -0.1) is 11.6 Å². The maximum absolute atomic E-state index is 13.6. The average molecular weight is 325 g/mol. The van der Waals surface area contributed by atoms with Crippen molar-refractivity contribution < 1.29 is 13.6 Å². The van der Waals surface area contributed by atoms with E-state index in [9.17, 15) is 13.6 Å². The number of halogens is 4. The van der Waals surface area contributed by atoms with Gasteiger partial charge in [-0.1, -0.05) is 15.9 Å². The second-order valence-corrected chi connectivity index (χ2v) is 5.41. The molecule has 1 aliphatic rings. The third-order valence-electron chi connectivity index (χ3n) is 2.64. The molecule has 2 rings (SSSR count). The van der Waals surface area contributed by atoms with Gasteiger partial charge in [-0.05, 0) is 18.6 Å². The van der Waals surface area contributed by atoms with Crippen LogP contribution < -0.4 is 0 Å². The Labute approximate surface area is 111 Å². The van der Waals surface area contributed by atoms with Gasteiger partial charge in [0.1, 0.15) is 17.2 Å². The lowest BCUT2D eigenvalue weighted by molar-refractivity contribution is 0.0783. The van der Waals surface area contributed by atoms with Crippen molar-refractivity contribution in [3.8, 4) is 0 Å². The first-order valence-electron chi connectivity index (χ1n) is 5.07. The van der Waals surface area contributed by atoms with E-state index in [0.717, 1.165) is 12.1 Å². The van der Waals surface area contributed by atoms with Gasteiger partial charge in [0, 0.05) is 17.6 Å². The van der Waals surface area contributed by atoms with Crippen LogP contribution in [-0.2, 0) is 0 Å². The molecule has 1 aromatic carbocycles. The van der Waals surface area contributed by atoms with Gasteiger partial charge < -0.3 is 4.90 Å². The highest BCUT2D eigenvalue weighted by Crippen LogP contribution is 2.23. The van der Waals surface area contributed by atoms with Crippen LogP contribution in [0.2, 0.25) is 0 Å². The van der Waals surface area contributed by atoms with Crippen LogP contribution in [0.25, 0.3) is 0 Å². The van der Waals surface area contributed by atoms with E-state index in [1.54, 1.807) is 0 Å². The van der Waals surface area contributed by atoms with Crippen LogP contribution >= 0.6 is 27.5 Å². The van der Waals surface area contributed by atoms with Crippen molar-refractivity contribution in [2.24, 2.45) is 0 Å². The second kappa shape index (κ2) is 4.90. The van der Waals surface area contributed by atoms with Crippen LogP contribution in [0.3, 0.4) is 0 Å². The lowest BCUT2D eigenvalue weighted by atomic mass is 10.1. The zero-order valence-electron chi connectivity index (χ0n) is 8.72. The Kier molecular flexibility index (Phi) is 3.68. The van der Waals surface area contributed by atoms with Crippen molar-refractivity contribution in [1.29, 1.82) is 0 Å². The molecule has 0 spiro atoms. The Hall–Kier alpha value is -0.680. The molecule has 17 heavy (non-hydrogen) atoms. The molecule has 1 unspecified atom stereocenters. The first-order chi connectivity index (χ1) is 7.99. The van der Waals surface area contributed by atoms with Gasteiger partial charge in [0.15, 0.2) is 0 Å². The molecule has 0 radical (unpaired) electrons. The zero-order valence-corrected chi connectivity index (χ0v) is 11.1. The number of hydrogen-bond donors (Lipinski definition) is 0. The van der Waals surface area contributed by atoms with Crippen LogP contribution in [0, 0.1) is 11.6 Å². The number of rotatable bonds is 1. The van der Waals surface area contributed by atoms with Crippen molar-refractivity contribution in [2.45, 2.75) is 11.8 Å². The van der Waals surface area contributed by atoms with E-state index < -0.39 is 23.1 Å². The summed E-state index contributed by atoms with van der Waals surface area (Å²) in [5.74, 6) is -2.37. The van der Waals surface area contributed by atoms with E-state index in [1.165, 1.54) is 4.90 Å². The quantitative estimate of drug-likeness (QED) is 0.727. The molecular formula is C11H9BrClF2NO. The van der Waals surface area contributed by atoms with E-state index in [0.29, 0.717) is 19.5 Å². The molecule has 1 aliphatic heterocycles. The highest BCUT2D eigenvalue weighted by Gasteiger charge is 2.29. The summed E-state index contributed by atoms with van der Waals surface area (Å²) >= 11 is 8.82. The lowest BCUT2D eigenvalue weighted by Gasteiger charge is -2.16. The molecule has 92 valence electrons. The summed E-state index contributed by atoms with van der Waals surface area (Å²) in [5, 5.41) is -0.138. The maximum Gasteiger partial charge on any atom is 0.259 e. The summed E-state index contributed by atoms with van der Waals surface area (Å²) in [6, 6.07) is 2.15. The Bertz CT molecular complexity index is 446. The van der Waals surface area contributed by atoms with Crippen molar-refractivity contribution in [2.75, 3.05) is 13.1 Å². The highest BCUT2D eigenvalue weighted by atomic mass is 79.9.